The van der Waals surface area contributed by atoms with Gasteiger partial charge in [-0.3, -0.25) is 4.79 Å². The van der Waals surface area contributed by atoms with E-state index in [1.807, 2.05) is 20.2 Å². The molecule has 0 aliphatic carbocycles. The van der Waals surface area contributed by atoms with E-state index in [1.54, 1.807) is 39.9 Å². The van der Waals surface area contributed by atoms with Crippen LogP contribution in [0.15, 0.2) is 46.7 Å². The van der Waals surface area contributed by atoms with Crippen molar-refractivity contribution in [3.8, 4) is 0 Å². The molecule has 6 nitrogen and oxygen atoms in total. The number of benzene rings is 1. The topological polar surface area (TPSA) is 69.7 Å². The van der Waals surface area contributed by atoms with Gasteiger partial charge in [-0.2, -0.15) is 4.31 Å². The molecule has 1 aromatic carbocycles. The number of Topliss-reactive ketones (excluding diaryl/α,β-unsaturated/α-hetero) is 1. The lowest BCUT2D eigenvalue weighted by atomic mass is 10.0. The number of carbonyl (C=O) groups is 1. The minimum absolute atomic E-state index is 0.0468. The predicted molar refractivity (Wildman–Crippen MR) is 122 cm³/mol. The Morgan fingerprint density at radius 1 is 1.20 bits per heavy atom. The molecule has 30 heavy (non-hydrogen) atoms. The summed E-state index contributed by atoms with van der Waals surface area (Å²) in [7, 11) is 0.559. The number of piperidine rings is 1. The molecule has 1 fully saturated rings. The molecule has 1 atom stereocenters. The van der Waals surface area contributed by atoms with Crippen molar-refractivity contribution in [3.63, 3.8) is 0 Å². The van der Waals surface area contributed by atoms with Gasteiger partial charge in [0, 0.05) is 30.1 Å². The van der Waals surface area contributed by atoms with Gasteiger partial charge in [0.1, 0.15) is 0 Å². The van der Waals surface area contributed by atoms with Crippen molar-refractivity contribution in [3.05, 3.63) is 52.2 Å². The van der Waals surface area contributed by atoms with Gasteiger partial charge in [0.25, 0.3) is 0 Å². The van der Waals surface area contributed by atoms with E-state index in [4.69, 9.17) is 0 Å². The Balaban J connectivity index is 1.57. The summed E-state index contributed by atoms with van der Waals surface area (Å²) < 4.78 is 27.2. The monoisotopic (exact) mass is 449 g/mol. The SMILES string of the molecule is CC1CCN(S(=O)(=O)c2ccc(C(=O)CNCC(c3cccs3)N(C)C)cc2)CC1. The average molecular weight is 450 g/mol. The molecule has 1 aromatic heterocycles. The second kappa shape index (κ2) is 10.2. The summed E-state index contributed by atoms with van der Waals surface area (Å²) in [5.41, 5.74) is 0.520. The predicted octanol–water partition coefficient (Wildman–Crippen LogP) is 3.24. The summed E-state index contributed by atoms with van der Waals surface area (Å²) in [6, 6.07) is 10.7. The average Bonchev–Trinajstić information content (AvgIpc) is 3.25. The molecule has 8 heteroatoms. The highest BCUT2D eigenvalue weighted by Crippen LogP contribution is 2.24. The van der Waals surface area contributed by atoms with Crippen LogP contribution < -0.4 is 5.32 Å². The number of likely N-dealkylation sites (N-methyl/N-ethyl adjacent to an activating group) is 1. The molecule has 1 unspecified atom stereocenters. The number of nitrogens with zero attached hydrogens (tertiary/aromatic N) is 2. The Morgan fingerprint density at radius 2 is 1.87 bits per heavy atom. The van der Waals surface area contributed by atoms with Gasteiger partial charge < -0.3 is 10.2 Å². The Hall–Kier alpha value is -1.58. The summed E-state index contributed by atoms with van der Waals surface area (Å²) in [6.07, 6.45) is 1.78. The van der Waals surface area contributed by atoms with E-state index >= 15 is 0 Å². The molecule has 3 rings (SSSR count). The summed E-state index contributed by atoms with van der Waals surface area (Å²) >= 11 is 1.70. The number of hydrogen-bond donors (Lipinski definition) is 1. The van der Waals surface area contributed by atoms with Gasteiger partial charge >= 0.3 is 0 Å². The molecular formula is C22H31N3O3S2. The molecule has 0 saturated carbocycles. The van der Waals surface area contributed by atoms with Crippen molar-refractivity contribution in [1.82, 2.24) is 14.5 Å². The van der Waals surface area contributed by atoms with E-state index in [-0.39, 0.29) is 23.3 Å². The lowest BCUT2D eigenvalue weighted by molar-refractivity contribution is 0.0988. The fourth-order valence-corrected chi connectivity index (χ4v) is 6.02. The quantitative estimate of drug-likeness (QED) is 0.595. The standard InChI is InChI=1S/C22H31N3O3S2/c1-17-10-12-25(13-11-17)30(27,28)19-8-6-18(7-9-19)21(26)16-23-15-20(24(2)3)22-5-4-14-29-22/h4-9,14,17,20,23H,10-13,15-16H2,1-3H3. The van der Waals surface area contributed by atoms with Crippen LogP contribution >= 0.6 is 11.3 Å². The number of sulfonamides is 1. The molecule has 1 aliphatic rings. The van der Waals surface area contributed by atoms with Crippen LogP contribution in [0.1, 0.15) is 41.0 Å². The van der Waals surface area contributed by atoms with Crippen LogP contribution in [0.4, 0.5) is 0 Å². The maximum Gasteiger partial charge on any atom is 0.243 e. The van der Waals surface area contributed by atoms with Crippen LogP contribution in [-0.2, 0) is 10.0 Å². The van der Waals surface area contributed by atoms with E-state index in [0.29, 0.717) is 31.1 Å². The van der Waals surface area contributed by atoms with Crippen LogP contribution in [0.25, 0.3) is 0 Å². The Labute approximate surface area is 183 Å². The molecule has 0 bridgehead atoms. The maximum atomic E-state index is 12.8. The number of rotatable bonds is 9. The van der Waals surface area contributed by atoms with E-state index in [9.17, 15) is 13.2 Å². The molecule has 0 amide bonds. The maximum absolute atomic E-state index is 12.8. The smallest absolute Gasteiger partial charge is 0.243 e. The van der Waals surface area contributed by atoms with Crippen LogP contribution in [0.3, 0.4) is 0 Å². The second-order valence-electron chi connectivity index (χ2n) is 8.16. The third kappa shape index (κ3) is 5.56. The fraction of sp³-hybridized carbons (Fsp3) is 0.500. The van der Waals surface area contributed by atoms with Gasteiger partial charge in [0.15, 0.2) is 5.78 Å². The Morgan fingerprint density at radius 3 is 2.43 bits per heavy atom. The summed E-state index contributed by atoms with van der Waals surface area (Å²) in [5, 5.41) is 5.30. The zero-order chi connectivity index (χ0) is 21.7. The van der Waals surface area contributed by atoms with E-state index < -0.39 is 10.0 Å². The molecule has 2 aromatic rings. The van der Waals surface area contributed by atoms with Gasteiger partial charge in [-0.05, 0) is 56.4 Å². The minimum atomic E-state index is -3.49. The third-order valence-electron chi connectivity index (χ3n) is 5.67. The van der Waals surface area contributed by atoms with Gasteiger partial charge in [-0.1, -0.05) is 25.1 Å². The molecule has 164 valence electrons. The van der Waals surface area contributed by atoms with Crippen molar-refractivity contribution in [2.75, 3.05) is 40.3 Å². The van der Waals surface area contributed by atoms with Crippen molar-refractivity contribution >= 4 is 27.1 Å². The number of carbonyl (C=O) groups excluding carboxylic acids is 1. The second-order valence-corrected chi connectivity index (χ2v) is 11.1. The zero-order valence-corrected chi connectivity index (χ0v) is 19.5. The third-order valence-corrected chi connectivity index (χ3v) is 8.56. The first-order chi connectivity index (χ1) is 14.3. The van der Waals surface area contributed by atoms with E-state index in [1.165, 1.54) is 4.88 Å². The molecule has 0 radical (unpaired) electrons. The van der Waals surface area contributed by atoms with Gasteiger partial charge in [-0.25, -0.2) is 8.42 Å². The molecule has 2 heterocycles. The molecule has 1 aliphatic heterocycles. The molecule has 0 spiro atoms. The number of hydrogen-bond acceptors (Lipinski definition) is 6. The number of ketones is 1. The van der Waals surface area contributed by atoms with Crippen molar-refractivity contribution in [2.24, 2.45) is 5.92 Å². The highest BCUT2D eigenvalue weighted by Gasteiger charge is 2.28. The van der Waals surface area contributed by atoms with E-state index in [2.05, 4.69) is 28.6 Å². The zero-order valence-electron chi connectivity index (χ0n) is 17.9. The molecular weight excluding hydrogens is 418 g/mol. The summed E-state index contributed by atoms with van der Waals surface area (Å²) in [5.74, 6) is 0.519. The van der Waals surface area contributed by atoms with Crippen molar-refractivity contribution in [2.45, 2.75) is 30.7 Å². The van der Waals surface area contributed by atoms with Crippen LogP contribution in [0.5, 0.6) is 0 Å². The highest BCUT2D eigenvalue weighted by atomic mass is 32.2. The lowest BCUT2D eigenvalue weighted by Crippen LogP contribution is -2.37. The van der Waals surface area contributed by atoms with Gasteiger partial charge in [0.2, 0.25) is 10.0 Å². The van der Waals surface area contributed by atoms with Crippen molar-refractivity contribution < 1.29 is 13.2 Å². The number of thiophene rings is 1. The first-order valence-corrected chi connectivity index (χ1v) is 12.6. The molecule has 1 N–H and O–H groups in total. The number of nitrogens with one attached hydrogen (secondary N) is 1. The van der Waals surface area contributed by atoms with Crippen LogP contribution in [0.2, 0.25) is 0 Å². The lowest BCUT2D eigenvalue weighted by Gasteiger charge is -2.29. The Bertz CT molecular complexity index is 917. The van der Waals surface area contributed by atoms with E-state index in [0.717, 1.165) is 12.8 Å². The molecule has 1 saturated heterocycles. The Kier molecular flexibility index (Phi) is 7.81. The summed E-state index contributed by atoms with van der Waals surface area (Å²) in [6.45, 7) is 4.15. The first kappa shape index (κ1) is 23.1. The van der Waals surface area contributed by atoms with Crippen LogP contribution in [0, 0.1) is 5.92 Å². The van der Waals surface area contributed by atoms with Crippen molar-refractivity contribution in [1.29, 1.82) is 0 Å². The van der Waals surface area contributed by atoms with Gasteiger partial charge in [0.05, 0.1) is 17.5 Å². The first-order valence-electron chi connectivity index (χ1n) is 10.3. The fourth-order valence-electron chi connectivity index (χ4n) is 3.63. The summed E-state index contributed by atoms with van der Waals surface area (Å²) in [4.78, 5) is 16.2. The normalized spacial score (nSPS) is 17.3. The van der Waals surface area contributed by atoms with Gasteiger partial charge in [-0.15, -0.1) is 11.3 Å². The largest absolute Gasteiger partial charge is 0.308 e. The highest BCUT2D eigenvalue weighted by molar-refractivity contribution is 7.89. The minimum Gasteiger partial charge on any atom is -0.308 e. The van der Waals surface area contributed by atoms with Crippen LogP contribution in [-0.4, -0.2) is 63.7 Å².